The van der Waals surface area contributed by atoms with Crippen molar-refractivity contribution in [1.82, 2.24) is 16.0 Å². The number of rotatable bonds is 20. The van der Waals surface area contributed by atoms with Gasteiger partial charge in [-0.1, -0.05) is 93.5 Å². The number of nitrogens with zero attached hydrogens (tertiary/aromatic N) is 3. The molecule has 7 N–H and O–H groups in total. The van der Waals surface area contributed by atoms with Crippen molar-refractivity contribution in [3.8, 4) is 0 Å². The Balaban J connectivity index is 1.11. The molecule has 0 radical (unpaired) electrons. The number of carbonyl (C=O) groups is 3. The molecule has 4 heterocycles. The van der Waals surface area contributed by atoms with Gasteiger partial charge in [-0.05, 0) is 78.4 Å². The van der Waals surface area contributed by atoms with Crippen LogP contribution in [-0.4, -0.2) is 159 Å². The zero-order valence-corrected chi connectivity index (χ0v) is 43.6. The number of ether oxygens (including phenoxy) is 9. The molecule has 24 heteroatoms. The number of fused-ring (bicyclic) bond motifs is 1. The summed E-state index contributed by atoms with van der Waals surface area (Å²) in [7, 11) is -2.08. The lowest BCUT2D eigenvalue weighted by Gasteiger charge is -2.47. The predicted octanol–water partition coefficient (Wildman–Crippen LogP) is 4.76. The molecule has 0 aromatic heterocycles. The molecule has 5 aliphatic rings. The van der Waals surface area contributed by atoms with Crippen LogP contribution in [-0.2, 0) is 60.3 Å². The first-order valence-electron chi connectivity index (χ1n) is 25.2. The van der Waals surface area contributed by atoms with E-state index in [9.17, 15) is 34.8 Å². The number of azide groups is 1. The van der Waals surface area contributed by atoms with E-state index >= 15 is 0 Å². The largest absolute Gasteiger partial charge is 0.467 e. The molecule has 4 fully saturated rings. The fraction of sp³-hybridized carbons (Fsp3) is 0.660. The molecule has 3 saturated heterocycles. The Morgan fingerprint density at radius 2 is 1.49 bits per heavy atom. The number of amides is 3. The first-order valence-corrected chi connectivity index (χ1v) is 28.1. The number of carbonyl (C=O) groups excluding carboxylic acids is 3. The van der Waals surface area contributed by atoms with Crippen LogP contribution in [0.1, 0.15) is 64.5 Å². The van der Waals surface area contributed by atoms with E-state index in [1.807, 2.05) is 43.3 Å². The molecule has 4 aliphatic heterocycles. The highest BCUT2D eigenvalue weighted by atomic mass is 28.4. The van der Waals surface area contributed by atoms with Crippen LogP contribution in [0.4, 0.5) is 14.4 Å². The van der Waals surface area contributed by atoms with Crippen LogP contribution in [0.25, 0.3) is 10.4 Å². The molecular formula is C50H72N6O17Si. The van der Waals surface area contributed by atoms with E-state index in [1.54, 1.807) is 30.3 Å². The number of hydrogen-bond acceptors (Lipinski definition) is 18. The van der Waals surface area contributed by atoms with E-state index < -0.39 is 119 Å². The van der Waals surface area contributed by atoms with Gasteiger partial charge in [0, 0.05) is 11.5 Å². The predicted molar refractivity (Wildman–Crippen MR) is 264 cm³/mol. The third-order valence-electron chi connectivity index (χ3n) is 14.6. The Hall–Kier alpha value is -5.08. The maximum absolute atomic E-state index is 13.2. The topological polar surface area (TPSA) is 309 Å². The second kappa shape index (κ2) is 25.6. The summed E-state index contributed by atoms with van der Waals surface area (Å²) >= 11 is 0. The Morgan fingerprint density at radius 1 is 0.851 bits per heavy atom. The van der Waals surface area contributed by atoms with Crippen molar-refractivity contribution in [1.29, 1.82) is 0 Å². The molecule has 2 aromatic carbocycles. The van der Waals surface area contributed by atoms with Crippen LogP contribution < -0.4 is 16.0 Å². The van der Waals surface area contributed by atoms with Crippen molar-refractivity contribution in [2.45, 2.75) is 171 Å². The van der Waals surface area contributed by atoms with Gasteiger partial charge in [-0.2, -0.15) is 0 Å². The molecule has 1 aliphatic carbocycles. The normalized spacial score (nSPS) is 33.1. The summed E-state index contributed by atoms with van der Waals surface area (Å²) in [5, 5.41) is 58.3. The molecule has 1 saturated carbocycles. The lowest BCUT2D eigenvalue weighted by molar-refractivity contribution is -0.291. The summed E-state index contributed by atoms with van der Waals surface area (Å²) < 4.78 is 61.0. The van der Waals surface area contributed by atoms with Crippen LogP contribution in [0, 0.1) is 11.8 Å². The molecule has 23 nitrogen and oxygen atoms in total. The Bertz CT molecular complexity index is 2240. The summed E-state index contributed by atoms with van der Waals surface area (Å²) in [6, 6.07) is 15.7. The van der Waals surface area contributed by atoms with Crippen molar-refractivity contribution in [3.05, 3.63) is 94.1 Å². The first kappa shape index (κ1) is 56.6. The van der Waals surface area contributed by atoms with E-state index in [4.69, 9.17) is 52.6 Å². The smallest absolute Gasteiger partial charge is 0.407 e. The SMILES string of the molecule is C[C@H]1C[C@@H](CCCO[Si](C)(C)C(C)(C)C)[C@H](O)[C@@H](O[C@@H]2O[C@H](CO)[C@@H](O[C@H]3O[C@H]4CNC(=O)O[C@H]4[C@H](O)[C@H]3NC(=O)OCc3ccccc3)[C@H]2O)[C@@H]1O[C@H]1OC(CN=[N+]=[N-])=CC[C@H]1NC(=O)OCc1ccccc1. The van der Waals surface area contributed by atoms with Gasteiger partial charge < -0.3 is 83.4 Å². The zero-order chi connectivity index (χ0) is 53.2. The van der Waals surface area contributed by atoms with Gasteiger partial charge in [-0.15, -0.1) is 0 Å². The van der Waals surface area contributed by atoms with Gasteiger partial charge in [-0.3, -0.25) is 0 Å². The van der Waals surface area contributed by atoms with E-state index in [1.165, 1.54) is 0 Å². The van der Waals surface area contributed by atoms with E-state index in [0.717, 1.165) is 5.56 Å². The van der Waals surface area contributed by atoms with Crippen LogP contribution in [0.5, 0.6) is 0 Å². The highest BCUT2D eigenvalue weighted by molar-refractivity contribution is 6.74. The average Bonchev–Trinajstić information content (AvgIpc) is 3.67. The third-order valence-corrected chi connectivity index (χ3v) is 19.1. The first-order chi connectivity index (χ1) is 35.3. The summed E-state index contributed by atoms with van der Waals surface area (Å²) in [6.45, 7) is 12.2. The molecule has 74 heavy (non-hydrogen) atoms. The van der Waals surface area contributed by atoms with Crippen LogP contribution in [0.15, 0.2) is 77.6 Å². The molecule has 16 atom stereocenters. The Labute approximate surface area is 431 Å². The maximum Gasteiger partial charge on any atom is 0.407 e. The van der Waals surface area contributed by atoms with Gasteiger partial charge in [-0.25, -0.2) is 14.4 Å². The maximum atomic E-state index is 13.2. The highest BCUT2D eigenvalue weighted by Crippen LogP contribution is 2.41. The number of alkyl carbamates (subject to hydrolysis) is 3. The number of aliphatic hydroxyl groups excluding tert-OH is 4. The summed E-state index contributed by atoms with van der Waals surface area (Å²) in [5.74, 6) is -0.430. The molecular weight excluding hydrogens is 985 g/mol. The van der Waals surface area contributed by atoms with Gasteiger partial charge in [0.2, 0.25) is 6.29 Å². The van der Waals surface area contributed by atoms with Gasteiger partial charge in [0.05, 0.1) is 37.9 Å². The minimum Gasteiger partial charge on any atom is -0.467 e. The fourth-order valence-corrected chi connectivity index (χ4v) is 10.5. The monoisotopic (exact) mass is 1060 g/mol. The Kier molecular flexibility index (Phi) is 19.6. The second-order valence-corrected chi connectivity index (χ2v) is 25.7. The van der Waals surface area contributed by atoms with Crippen molar-refractivity contribution < 1.29 is 81.9 Å². The van der Waals surface area contributed by atoms with Crippen molar-refractivity contribution >= 4 is 26.6 Å². The number of nitrogens with one attached hydrogen (secondary N) is 3. The van der Waals surface area contributed by atoms with Gasteiger partial charge in [0.25, 0.3) is 0 Å². The number of aliphatic hydroxyl groups is 4. The van der Waals surface area contributed by atoms with Gasteiger partial charge in [0.15, 0.2) is 27.0 Å². The van der Waals surface area contributed by atoms with E-state index in [0.29, 0.717) is 31.4 Å². The van der Waals surface area contributed by atoms with Crippen molar-refractivity contribution in [2.75, 3.05) is 26.3 Å². The highest BCUT2D eigenvalue weighted by Gasteiger charge is 2.56. The zero-order valence-electron chi connectivity index (χ0n) is 42.6. The summed E-state index contributed by atoms with van der Waals surface area (Å²) in [5.41, 5.74) is 10.6. The minimum absolute atomic E-state index is 0.00324. The van der Waals surface area contributed by atoms with Crippen molar-refractivity contribution in [2.24, 2.45) is 17.0 Å². The minimum atomic E-state index is -2.08. The summed E-state index contributed by atoms with van der Waals surface area (Å²) in [4.78, 5) is 41.6. The molecule has 0 unspecified atom stereocenters. The molecule has 0 spiro atoms. The van der Waals surface area contributed by atoms with Crippen LogP contribution in [0.3, 0.4) is 0 Å². The van der Waals surface area contributed by atoms with Crippen molar-refractivity contribution in [3.63, 3.8) is 0 Å². The molecule has 7 rings (SSSR count). The number of benzene rings is 2. The molecule has 2 aromatic rings. The van der Waals surface area contributed by atoms with Gasteiger partial charge in [0.1, 0.15) is 61.6 Å². The lowest BCUT2D eigenvalue weighted by Crippen LogP contribution is -2.69. The third kappa shape index (κ3) is 14.4. The standard InChI is InChI=1S/C50H72N6O17Si/c1-28-22-31(18-13-21-66-74(5,6)50(2,3)4)37(58)43(40(28)70-44-33(20-19-32(67-44)23-53-56-51)54-48(62)64-26-29-14-9-7-10-15-29)72-46-39(60)42(35(25-57)69-46)71-45-36(38(59)41-34(68-45)24-52-47(61)73-41)55-49(63)65-27-30-16-11-8-12-17-30/h7-12,14-17,19,28,31,33-46,57-60H,13,18,20-27H2,1-6H3,(H,52,61)(H,54,62)(H,55,63)/t28-,31+,33+,34-,35+,36+,37-,38+,39+,40+,41+,42+,43+,44+,45+,46-/m0/s1. The second-order valence-electron chi connectivity index (χ2n) is 20.8. The number of hydrogen-bond donors (Lipinski definition) is 7. The van der Waals surface area contributed by atoms with Crippen LogP contribution >= 0.6 is 0 Å². The molecule has 408 valence electrons. The van der Waals surface area contributed by atoms with Crippen LogP contribution in [0.2, 0.25) is 18.1 Å². The average molecular weight is 1060 g/mol. The fourth-order valence-electron chi connectivity index (χ4n) is 9.45. The lowest BCUT2D eigenvalue weighted by atomic mass is 9.74. The van der Waals surface area contributed by atoms with E-state index in [-0.39, 0.29) is 55.4 Å². The van der Waals surface area contributed by atoms with E-state index in [2.05, 4.69) is 59.8 Å². The van der Waals surface area contributed by atoms with Gasteiger partial charge >= 0.3 is 18.3 Å². The summed E-state index contributed by atoms with van der Waals surface area (Å²) in [6.07, 6.45) is -15.1. The molecule has 0 bridgehead atoms. The quantitative estimate of drug-likeness (QED) is 0.0235. The molecule has 3 amide bonds. The Morgan fingerprint density at radius 3 is 2.12 bits per heavy atom.